The van der Waals surface area contributed by atoms with Gasteiger partial charge >= 0.3 is 0 Å². The number of fused-ring (bicyclic) bond motifs is 1. The second kappa shape index (κ2) is 6.31. The Morgan fingerprint density at radius 1 is 1.16 bits per heavy atom. The van der Waals surface area contributed by atoms with E-state index in [2.05, 4.69) is 16.1 Å². The number of aromatic nitrogens is 1. The van der Waals surface area contributed by atoms with E-state index < -0.39 is 0 Å². The molecule has 2 N–H and O–H groups in total. The first-order valence-electron chi connectivity index (χ1n) is 6.84. The van der Waals surface area contributed by atoms with Gasteiger partial charge in [0, 0.05) is 23.6 Å². The molecule has 104 valence electrons. The van der Waals surface area contributed by atoms with Crippen LogP contribution in [0.25, 0.3) is 10.9 Å². The van der Waals surface area contributed by atoms with Gasteiger partial charge in [-0.3, -0.25) is 0 Å². The first kappa shape index (κ1) is 14.2. The van der Waals surface area contributed by atoms with Crippen molar-refractivity contribution in [3.8, 4) is 5.75 Å². The van der Waals surface area contributed by atoms with E-state index in [1.54, 1.807) is 6.07 Å². The average Bonchev–Trinajstić information content (AvgIpc) is 2.80. The van der Waals surface area contributed by atoms with Crippen LogP contribution in [0.5, 0.6) is 5.75 Å². The molecule has 4 heteroatoms. The number of phenols is 1. The normalized spacial score (nSPS) is 16.4. The Kier molecular flexibility index (Phi) is 4.72. The van der Waals surface area contributed by atoms with Crippen molar-refractivity contribution in [2.24, 2.45) is 0 Å². The van der Waals surface area contributed by atoms with Crippen LogP contribution in [-0.4, -0.2) is 34.6 Å². The Hall–Kier alpha value is -1.19. The van der Waals surface area contributed by atoms with Gasteiger partial charge in [-0.25, -0.2) is 0 Å². The van der Waals surface area contributed by atoms with Gasteiger partial charge in [-0.05, 0) is 56.1 Å². The van der Waals surface area contributed by atoms with E-state index in [9.17, 15) is 5.11 Å². The third-order valence-electron chi connectivity index (χ3n) is 3.90. The molecule has 19 heavy (non-hydrogen) atoms. The molecule has 3 rings (SSSR count). The summed E-state index contributed by atoms with van der Waals surface area (Å²) in [6.45, 7) is 3.61. The lowest BCUT2D eigenvalue weighted by Gasteiger charge is -2.26. The average molecular weight is 281 g/mol. The minimum absolute atomic E-state index is 0. The summed E-state index contributed by atoms with van der Waals surface area (Å²) < 4.78 is 0. The van der Waals surface area contributed by atoms with Crippen LogP contribution in [0.2, 0.25) is 0 Å². The topological polar surface area (TPSA) is 39.3 Å². The van der Waals surface area contributed by atoms with E-state index in [0.717, 1.165) is 23.9 Å². The van der Waals surface area contributed by atoms with Crippen molar-refractivity contribution in [3.63, 3.8) is 0 Å². The highest BCUT2D eigenvalue weighted by Gasteiger charge is 2.11. The molecule has 0 bridgehead atoms. The van der Waals surface area contributed by atoms with Crippen molar-refractivity contribution >= 4 is 23.3 Å². The van der Waals surface area contributed by atoms with Crippen LogP contribution in [0.4, 0.5) is 0 Å². The molecule has 1 fully saturated rings. The monoisotopic (exact) mass is 280 g/mol. The quantitative estimate of drug-likeness (QED) is 0.905. The van der Waals surface area contributed by atoms with Crippen LogP contribution in [0.3, 0.4) is 0 Å². The molecule has 0 spiro atoms. The molecule has 2 aromatic rings. The third kappa shape index (κ3) is 3.23. The summed E-state index contributed by atoms with van der Waals surface area (Å²) in [6, 6.07) is 5.53. The van der Waals surface area contributed by atoms with Crippen LogP contribution >= 0.6 is 12.4 Å². The summed E-state index contributed by atoms with van der Waals surface area (Å²) >= 11 is 0. The van der Waals surface area contributed by atoms with Gasteiger partial charge in [0.25, 0.3) is 0 Å². The van der Waals surface area contributed by atoms with Crippen molar-refractivity contribution in [2.45, 2.75) is 25.7 Å². The predicted molar refractivity (Wildman–Crippen MR) is 81.2 cm³/mol. The fraction of sp³-hybridized carbons (Fsp3) is 0.467. The highest BCUT2D eigenvalue weighted by Crippen LogP contribution is 2.23. The molecular weight excluding hydrogens is 260 g/mol. The minimum Gasteiger partial charge on any atom is -0.508 e. The van der Waals surface area contributed by atoms with Gasteiger partial charge in [0.2, 0.25) is 0 Å². The van der Waals surface area contributed by atoms with E-state index in [4.69, 9.17) is 0 Å². The zero-order valence-electron chi connectivity index (χ0n) is 11.1. The van der Waals surface area contributed by atoms with E-state index >= 15 is 0 Å². The van der Waals surface area contributed by atoms with Crippen LogP contribution in [-0.2, 0) is 6.42 Å². The number of nitrogens with one attached hydrogen (secondary N) is 1. The van der Waals surface area contributed by atoms with Crippen LogP contribution in [0, 0.1) is 0 Å². The standard InChI is InChI=1S/C15H20N2O.ClH/c18-13-4-5-15-14(10-13)12(11-16-15)6-9-17-7-2-1-3-8-17;/h4-5,10-11,16,18H,1-3,6-9H2;1H. The molecule has 1 aliphatic rings. The fourth-order valence-electron chi connectivity index (χ4n) is 2.83. The largest absolute Gasteiger partial charge is 0.508 e. The van der Waals surface area contributed by atoms with Gasteiger partial charge in [-0.15, -0.1) is 12.4 Å². The summed E-state index contributed by atoms with van der Waals surface area (Å²) in [5, 5.41) is 10.7. The summed E-state index contributed by atoms with van der Waals surface area (Å²) in [4.78, 5) is 5.82. The number of halogens is 1. The van der Waals surface area contributed by atoms with Gasteiger partial charge in [0.1, 0.15) is 5.75 Å². The molecule has 1 saturated heterocycles. The molecule has 0 aliphatic carbocycles. The summed E-state index contributed by atoms with van der Waals surface area (Å²) in [6.07, 6.45) is 7.21. The van der Waals surface area contributed by atoms with Crippen molar-refractivity contribution in [1.82, 2.24) is 9.88 Å². The van der Waals surface area contributed by atoms with Gasteiger partial charge in [-0.2, -0.15) is 0 Å². The number of aromatic hydroxyl groups is 1. The Labute approximate surface area is 120 Å². The van der Waals surface area contributed by atoms with Crippen LogP contribution in [0.15, 0.2) is 24.4 Å². The van der Waals surface area contributed by atoms with E-state index in [-0.39, 0.29) is 12.4 Å². The molecule has 3 nitrogen and oxygen atoms in total. The summed E-state index contributed by atoms with van der Waals surface area (Å²) in [5.74, 6) is 0.348. The summed E-state index contributed by atoms with van der Waals surface area (Å²) in [5.41, 5.74) is 2.42. The number of piperidine rings is 1. The molecule has 0 unspecified atom stereocenters. The number of benzene rings is 1. The maximum Gasteiger partial charge on any atom is 0.116 e. The smallest absolute Gasteiger partial charge is 0.116 e. The molecule has 1 aliphatic heterocycles. The lowest BCUT2D eigenvalue weighted by atomic mass is 10.1. The molecule has 1 aromatic heterocycles. The van der Waals surface area contributed by atoms with Gasteiger partial charge < -0.3 is 15.0 Å². The number of nitrogens with zero attached hydrogens (tertiary/aromatic N) is 1. The maximum atomic E-state index is 9.57. The van der Waals surface area contributed by atoms with Crippen molar-refractivity contribution in [2.75, 3.05) is 19.6 Å². The van der Waals surface area contributed by atoms with Gasteiger partial charge in [-0.1, -0.05) is 6.42 Å². The second-order valence-corrected chi connectivity index (χ2v) is 5.20. The molecule has 0 atom stereocenters. The third-order valence-corrected chi connectivity index (χ3v) is 3.90. The zero-order chi connectivity index (χ0) is 12.4. The van der Waals surface area contributed by atoms with E-state index in [0.29, 0.717) is 5.75 Å². The number of rotatable bonds is 3. The molecule has 1 aromatic carbocycles. The molecular formula is C15H21ClN2O. The number of H-pyrrole nitrogens is 1. The van der Waals surface area contributed by atoms with Gasteiger partial charge in [0.05, 0.1) is 0 Å². The first-order valence-corrected chi connectivity index (χ1v) is 6.84. The maximum absolute atomic E-state index is 9.57. The fourth-order valence-corrected chi connectivity index (χ4v) is 2.83. The highest BCUT2D eigenvalue weighted by atomic mass is 35.5. The number of likely N-dealkylation sites (tertiary alicyclic amines) is 1. The van der Waals surface area contributed by atoms with Crippen molar-refractivity contribution < 1.29 is 5.11 Å². The Morgan fingerprint density at radius 3 is 2.74 bits per heavy atom. The SMILES string of the molecule is Cl.Oc1ccc2[nH]cc(CCN3CCCCC3)c2c1. The lowest BCUT2D eigenvalue weighted by Crippen LogP contribution is -2.31. The van der Waals surface area contributed by atoms with Crippen molar-refractivity contribution in [1.29, 1.82) is 0 Å². The minimum atomic E-state index is 0. The van der Waals surface area contributed by atoms with Crippen molar-refractivity contribution in [3.05, 3.63) is 30.0 Å². The van der Waals surface area contributed by atoms with Crippen LogP contribution in [0.1, 0.15) is 24.8 Å². The lowest BCUT2D eigenvalue weighted by molar-refractivity contribution is 0.231. The second-order valence-electron chi connectivity index (χ2n) is 5.20. The predicted octanol–water partition coefficient (Wildman–Crippen LogP) is 3.32. The molecule has 0 saturated carbocycles. The first-order chi connectivity index (χ1) is 8.83. The van der Waals surface area contributed by atoms with Gasteiger partial charge in [0.15, 0.2) is 0 Å². The molecule has 0 radical (unpaired) electrons. The highest BCUT2D eigenvalue weighted by molar-refractivity contribution is 5.85. The van der Waals surface area contributed by atoms with E-state index in [1.165, 1.54) is 37.9 Å². The Bertz CT molecular complexity index is 532. The number of phenolic OH excluding ortho intramolecular Hbond substituents is 1. The Balaban J connectivity index is 0.00000133. The van der Waals surface area contributed by atoms with E-state index in [1.807, 2.05) is 12.1 Å². The number of aromatic amines is 1. The Morgan fingerprint density at radius 2 is 1.95 bits per heavy atom. The molecule has 2 heterocycles. The number of hydrogen-bond donors (Lipinski definition) is 2. The zero-order valence-corrected chi connectivity index (χ0v) is 11.9. The summed E-state index contributed by atoms with van der Waals surface area (Å²) in [7, 11) is 0. The van der Waals surface area contributed by atoms with Crippen LogP contribution < -0.4 is 0 Å². The molecule has 0 amide bonds. The number of hydrogen-bond acceptors (Lipinski definition) is 2.